The van der Waals surface area contributed by atoms with E-state index < -0.39 is 0 Å². The second kappa shape index (κ2) is 3.89. The summed E-state index contributed by atoms with van der Waals surface area (Å²) in [5.74, 6) is 0. The van der Waals surface area contributed by atoms with E-state index in [1.807, 2.05) is 12.5 Å². The van der Waals surface area contributed by atoms with Gasteiger partial charge in [-0.25, -0.2) is 4.98 Å². The summed E-state index contributed by atoms with van der Waals surface area (Å²) in [5, 5.41) is 3.35. The largest absolute Gasteiger partial charge is 0.330 e. The number of nitrogens with zero attached hydrogens (tertiary/aromatic N) is 2. The summed E-state index contributed by atoms with van der Waals surface area (Å²) in [7, 11) is 0. The van der Waals surface area contributed by atoms with Crippen LogP contribution >= 0.6 is 0 Å². The smallest absolute Gasteiger partial charge is 0.0951 e. The topological polar surface area (TPSA) is 55.9 Å². The average Bonchev–Trinajstić information content (AvgIpc) is 2.71. The molecule has 1 atom stereocenters. The minimum absolute atomic E-state index is 0.587. The second-order valence-corrected chi connectivity index (χ2v) is 3.48. The van der Waals surface area contributed by atoms with Crippen LogP contribution in [0.1, 0.15) is 18.2 Å². The third-order valence-electron chi connectivity index (χ3n) is 2.57. The fourth-order valence-corrected chi connectivity index (χ4v) is 1.88. The number of imidazole rings is 1. The summed E-state index contributed by atoms with van der Waals surface area (Å²) in [5.41, 5.74) is 6.79. The van der Waals surface area contributed by atoms with Crippen LogP contribution in [0.5, 0.6) is 0 Å². The molecule has 2 rings (SSSR count). The zero-order chi connectivity index (χ0) is 9.10. The lowest BCUT2D eigenvalue weighted by atomic mass is 10.2. The molecular weight excluding hydrogens is 164 g/mol. The first-order chi connectivity index (χ1) is 6.42. The highest BCUT2D eigenvalue weighted by Gasteiger charge is 2.17. The summed E-state index contributed by atoms with van der Waals surface area (Å²) in [6, 6.07) is 0.587. The lowest BCUT2D eigenvalue weighted by molar-refractivity contribution is 0.526. The predicted molar refractivity (Wildman–Crippen MR) is 51.5 cm³/mol. The maximum Gasteiger partial charge on any atom is 0.0951 e. The standard InChI is InChI=1S/C9H16N4/c10-3-1-8-6-12-7-13(8)9-2-4-11-5-9/h6-7,9,11H,1-5,10H2. The van der Waals surface area contributed by atoms with Crippen molar-refractivity contribution >= 4 is 0 Å². The molecule has 0 aromatic carbocycles. The van der Waals surface area contributed by atoms with Crippen molar-refractivity contribution in [3.05, 3.63) is 18.2 Å². The van der Waals surface area contributed by atoms with Gasteiger partial charge in [0.25, 0.3) is 0 Å². The van der Waals surface area contributed by atoms with Gasteiger partial charge in [-0.3, -0.25) is 0 Å². The molecule has 0 aliphatic carbocycles. The Balaban J connectivity index is 2.13. The van der Waals surface area contributed by atoms with E-state index in [9.17, 15) is 0 Å². The first-order valence-corrected chi connectivity index (χ1v) is 4.83. The van der Waals surface area contributed by atoms with Crippen LogP contribution in [0.2, 0.25) is 0 Å². The van der Waals surface area contributed by atoms with Gasteiger partial charge in [0.15, 0.2) is 0 Å². The van der Waals surface area contributed by atoms with Gasteiger partial charge >= 0.3 is 0 Å². The van der Waals surface area contributed by atoms with E-state index in [-0.39, 0.29) is 0 Å². The molecule has 0 bridgehead atoms. The maximum atomic E-state index is 5.53. The molecule has 13 heavy (non-hydrogen) atoms. The van der Waals surface area contributed by atoms with Crippen molar-refractivity contribution in [3.8, 4) is 0 Å². The summed E-state index contributed by atoms with van der Waals surface area (Å²) in [6.07, 6.45) is 5.97. The molecule has 1 fully saturated rings. The molecule has 1 saturated heterocycles. The van der Waals surface area contributed by atoms with Gasteiger partial charge in [0.2, 0.25) is 0 Å². The van der Waals surface area contributed by atoms with Gasteiger partial charge in [-0.05, 0) is 19.5 Å². The number of hydrogen-bond acceptors (Lipinski definition) is 3. The molecule has 4 heteroatoms. The highest BCUT2D eigenvalue weighted by molar-refractivity contribution is 5.02. The number of rotatable bonds is 3. The molecule has 4 nitrogen and oxygen atoms in total. The monoisotopic (exact) mass is 180 g/mol. The van der Waals surface area contributed by atoms with Crippen LogP contribution in [0.3, 0.4) is 0 Å². The number of hydrogen-bond donors (Lipinski definition) is 2. The molecule has 0 amide bonds. The molecule has 1 aliphatic rings. The van der Waals surface area contributed by atoms with Crippen LogP contribution in [0.25, 0.3) is 0 Å². The predicted octanol–water partition coefficient (Wildman–Crippen LogP) is -0.0813. The van der Waals surface area contributed by atoms with Crippen molar-refractivity contribution in [2.75, 3.05) is 19.6 Å². The van der Waals surface area contributed by atoms with Crippen LogP contribution < -0.4 is 11.1 Å². The molecular formula is C9H16N4. The van der Waals surface area contributed by atoms with Crippen molar-refractivity contribution in [1.29, 1.82) is 0 Å². The molecule has 1 unspecified atom stereocenters. The van der Waals surface area contributed by atoms with Gasteiger partial charge in [0.1, 0.15) is 0 Å². The number of nitrogens with one attached hydrogen (secondary N) is 1. The summed E-state index contributed by atoms with van der Waals surface area (Å²) < 4.78 is 2.26. The van der Waals surface area contributed by atoms with Crippen molar-refractivity contribution < 1.29 is 0 Å². The Morgan fingerprint density at radius 1 is 1.69 bits per heavy atom. The Morgan fingerprint density at radius 2 is 2.62 bits per heavy atom. The summed E-state index contributed by atoms with van der Waals surface area (Å²) in [6.45, 7) is 2.88. The van der Waals surface area contributed by atoms with Crippen LogP contribution in [-0.4, -0.2) is 29.2 Å². The molecule has 1 aromatic heterocycles. The van der Waals surface area contributed by atoms with Gasteiger partial charge in [-0.1, -0.05) is 0 Å². The zero-order valence-electron chi connectivity index (χ0n) is 7.74. The Hall–Kier alpha value is -0.870. The lowest BCUT2D eigenvalue weighted by Gasteiger charge is -2.13. The van der Waals surface area contributed by atoms with E-state index in [1.165, 1.54) is 12.1 Å². The first kappa shape index (κ1) is 8.72. The molecule has 72 valence electrons. The van der Waals surface area contributed by atoms with E-state index in [0.29, 0.717) is 12.6 Å². The molecule has 1 aliphatic heterocycles. The Bertz CT molecular complexity index is 262. The van der Waals surface area contributed by atoms with Crippen LogP contribution in [0.15, 0.2) is 12.5 Å². The third kappa shape index (κ3) is 1.73. The highest BCUT2D eigenvalue weighted by atomic mass is 15.1. The van der Waals surface area contributed by atoms with Gasteiger partial charge in [0, 0.05) is 30.9 Å². The average molecular weight is 180 g/mol. The fraction of sp³-hybridized carbons (Fsp3) is 0.667. The van der Waals surface area contributed by atoms with E-state index in [0.717, 1.165) is 19.5 Å². The SMILES string of the molecule is NCCc1cncn1C1CCNC1. The van der Waals surface area contributed by atoms with Gasteiger partial charge in [0.05, 0.1) is 6.33 Å². The molecule has 1 aromatic rings. The molecule has 0 spiro atoms. The normalized spacial score (nSPS) is 22.4. The zero-order valence-corrected chi connectivity index (χ0v) is 7.74. The van der Waals surface area contributed by atoms with Crippen molar-refractivity contribution in [2.45, 2.75) is 18.9 Å². The Kier molecular flexibility index (Phi) is 2.61. The molecule has 3 N–H and O–H groups in total. The quantitative estimate of drug-likeness (QED) is 0.684. The van der Waals surface area contributed by atoms with Crippen LogP contribution in [0.4, 0.5) is 0 Å². The van der Waals surface area contributed by atoms with Crippen LogP contribution in [0, 0.1) is 0 Å². The minimum Gasteiger partial charge on any atom is -0.330 e. The molecule has 2 heterocycles. The van der Waals surface area contributed by atoms with E-state index in [2.05, 4.69) is 14.9 Å². The van der Waals surface area contributed by atoms with E-state index in [4.69, 9.17) is 5.73 Å². The lowest BCUT2D eigenvalue weighted by Crippen LogP contribution is -2.16. The summed E-state index contributed by atoms with van der Waals surface area (Å²) >= 11 is 0. The van der Waals surface area contributed by atoms with Gasteiger partial charge in [-0.2, -0.15) is 0 Å². The van der Waals surface area contributed by atoms with Gasteiger partial charge < -0.3 is 15.6 Å². The molecule has 0 saturated carbocycles. The second-order valence-electron chi connectivity index (χ2n) is 3.48. The minimum atomic E-state index is 0.587. The van der Waals surface area contributed by atoms with E-state index >= 15 is 0 Å². The van der Waals surface area contributed by atoms with Crippen molar-refractivity contribution in [3.63, 3.8) is 0 Å². The maximum absolute atomic E-state index is 5.53. The van der Waals surface area contributed by atoms with Crippen molar-refractivity contribution in [1.82, 2.24) is 14.9 Å². The Morgan fingerprint density at radius 3 is 3.31 bits per heavy atom. The van der Waals surface area contributed by atoms with Gasteiger partial charge in [-0.15, -0.1) is 0 Å². The fourth-order valence-electron chi connectivity index (χ4n) is 1.88. The Labute approximate surface area is 78.1 Å². The number of aromatic nitrogens is 2. The molecule has 0 radical (unpaired) electrons. The van der Waals surface area contributed by atoms with Crippen molar-refractivity contribution in [2.24, 2.45) is 5.73 Å². The highest BCUT2D eigenvalue weighted by Crippen LogP contribution is 2.17. The first-order valence-electron chi connectivity index (χ1n) is 4.83. The third-order valence-corrected chi connectivity index (χ3v) is 2.57. The number of nitrogens with two attached hydrogens (primary N) is 1. The van der Waals surface area contributed by atoms with Crippen LogP contribution in [-0.2, 0) is 6.42 Å². The summed E-state index contributed by atoms with van der Waals surface area (Å²) in [4.78, 5) is 4.16. The van der Waals surface area contributed by atoms with E-state index in [1.54, 1.807) is 0 Å².